The summed E-state index contributed by atoms with van der Waals surface area (Å²) in [6.07, 6.45) is 4.15. The molecule has 0 N–H and O–H groups in total. The summed E-state index contributed by atoms with van der Waals surface area (Å²) in [5, 5.41) is 0. The van der Waals surface area contributed by atoms with Crippen LogP contribution in [-0.2, 0) is 19.1 Å². The highest BCUT2D eigenvalue weighted by Crippen LogP contribution is 2.19. The fourth-order valence-electron chi connectivity index (χ4n) is 3.08. The van der Waals surface area contributed by atoms with Gasteiger partial charge in [-0.15, -0.1) is 0 Å². The highest BCUT2D eigenvalue weighted by atomic mass is 16.5. The predicted molar refractivity (Wildman–Crippen MR) is 95.8 cm³/mol. The normalized spacial score (nSPS) is 14.8. The summed E-state index contributed by atoms with van der Waals surface area (Å²) < 4.78 is 10.2. The van der Waals surface area contributed by atoms with Crippen molar-refractivity contribution in [2.75, 3.05) is 26.3 Å². The zero-order valence-corrected chi connectivity index (χ0v) is 15.1. The molecule has 0 bridgehead atoms. The van der Waals surface area contributed by atoms with E-state index in [0.29, 0.717) is 43.6 Å². The largest absolute Gasteiger partial charge is 0.466 e. The number of rotatable bonds is 5. The molecule has 3 rings (SSSR count). The third-order valence-corrected chi connectivity index (χ3v) is 4.51. The van der Waals surface area contributed by atoms with E-state index in [0.717, 1.165) is 0 Å². The first-order valence-corrected chi connectivity index (χ1v) is 8.91. The van der Waals surface area contributed by atoms with Crippen molar-refractivity contribution in [3.05, 3.63) is 36.2 Å². The molecule has 0 aliphatic carbocycles. The summed E-state index contributed by atoms with van der Waals surface area (Å²) in [7, 11) is 0. The average molecular weight is 371 g/mol. The Kier molecular flexibility index (Phi) is 5.95. The Bertz CT molecular complexity index is 841. The standard InChI is InChI=1S/C19H21N3O5/c1-2-26-18(24)13-6-10-22(11-7-13)16(23)12-27-19(25)14-4-3-5-15-17(14)21-9-8-20-15/h3-5,8-9,13H,2,6-7,10-12H2,1H3. The lowest BCUT2D eigenvalue weighted by Crippen LogP contribution is -2.42. The highest BCUT2D eigenvalue weighted by Gasteiger charge is 2.28. The van der Waals surface area contributed by atoms with E-state index in [-0.39, 0.29) is 30.0 Å². The summed E-state index contributed by atoms with van der Waals surface area (Å²) in [5.74, 6) is -1.29. The van der Waals surface area contributed by atoms with E-state index in [1.807, 2.05) is 0 Å². The number of likely N-dealkylation sites (tertiary alicyclic amines) is 1. The van der Waals surface area contributed by atoms with E-state index >= 15 is 0 Å². The lowest BCUT2D eigenvalue weighted by Gasteiger charge is -2.30. The molecule has 0 spiro atoms. The third-order valence-electron chi connectivity index (χ3n) is 4.51. The summed E-state index contributed by atoms with van der Waals surface area (Å²) >= 11 is 0. The van der Waals surface area contributed by atoms with Gasteiger partial charge in [0.15, 0.2) is 6.61 Å². The molecule has 0 radical (unpaired) electrons. The van der Waals surface area contributed by atoms with E-state index in [2.05, 4.69) is 9.97 Å². The van der Waals surface area contributed by atoms with E-state index in [4.69, 9.17) is 9.47 Å². The molecule has 27 heavy (non-hydrogen) atoms. The van der Waals surface area contributed by atoms with Crippen molar-refractivity contribution in [1.82, 2.24) is 14.9 Å². The van der Waals surface area contributed by atoms with Crippen LogP contribution in [0.4, 0.5) is 0 Å². The third kappa shape index (κ3) is 4.39. The molecule has 1 fully saturated rings. The Balaban J connectivity index is 1.53. The number of hydrogen-bond donors (Lipinski definition) is 0. The van der Waals surface area contributed by atoms with Crippen molar-refractivity contribution in [2.24, 2.45) is 5.92 Å². The molecule has 1 saturated heterocycles. The van der Waals surface area contributed by atoms with E-state index in [9.17, 15) is 14.4 Å². The number of esters is 2. The summed E-state index contributed by atoms with van der Waals surface area (Å²) in [6, 6.07) is 5.03. The minimum absolute atomic E-state index is 0.175. The van der Waals surface area contributed by atoms with Crippen LogP contribution < -0.4 is 0 Å². The molecule has 1 amide bonds. The average Bonchev–Trinajstić information content (AvgIpc) is 2.71. The first kappa shape index (κ1) is 18.8. The highest BCUT2D eigenvalue weighted by molar-refractivity contribution is 6.02. The molecule has 1 aromatic carbocycles. The molecule has 1 aliphatic rings. The van der Waals surface area contributed by atoms with Gasteiger partial charge in [-0.3, -0.25) is 19.6 Å². The van der Waals surface area contributed by atoms with Crippen molar-refractivity contribution in [2.45, 2.75) is 19.8 Å². The minimum Gasteiger partial charge on any atom is -0.466 e. The van der Waals surface area contributed by atoms with E-state index in [1.54, 1.807) is 36.2 Å². The Morgan fingerprint density at radius 2 is 1.85 bits per heavy atom. The summed E-state index contributed by atoms with van der Waals surface area (Å²) in [6.45, 7) is 2.66. The number of hydrogen-bond acceptors (Lipinski definition) is 7. The Labute approximate surface area is 156 Å². The maximum Gasteiger partial charge on any atom is 0.340 e. The maximum absolute atomic E-state index is 12.3. The molecule has 1 aliphatic heterocycles. The van der Waals surface area contributed by atoms with Crippen LogP contribution in [0.15, 0.2) is 30.6 Å². The zero-order chi connectivity index (χ0) is 19.2. The van der Waals surface area contributed by atoms with E-state index < -0.39 is 5.97 Å². The topological polar surface area (TPSA) is 98.7 Å². The van der Waals surface area contributed by atoms with Gasteiger partial charge in [-0.05, 0) is 31.9 Å². The number of ether oxygens (including phenoxy) is 2. The molecule has 2 aromatic rings. The Morgan fingerprint density at radius 1 is 1.11 bits per heavy atom. The van der Waals surface area contributed by atoms with Crippen molar-refractivity contribution in [3.63, 3.8) is 0 Å². The van der Waals surface area contributed by atoms with Crippen LogP contribution in [0.5, 0.6) is 0 Å². The minimum atomic E-state index is -0.615. The van der Waals surface area contributed by atoms with Gasteiger partial charge in [0.1, 0.15) is 5.52 Å². The second-order valence-electron chi connectivity index (χ2n) is 6.21. The van der Waals surface area contributed by atoms with Crippen LogP contribution in [0, 0.1) is 5.92 Å². The van der Waals surface area contributed by atoms with Crippen LogP contribution in [-0.4, -0.2) is 59.0 Å². The molecule has 0 unspecified atom stereocenters. The number of fused-ring (bicyclic) bond motifs is 1. The van der Waals surface area contributed by atoms with Gasteiger partial charge in [0.05, 0.1) is 23.6 Å². The van der Waals surface area contributed by atoms with Gasteiger partial charge in [0, 0.05) is 25.5 Å². The number of amides is 1. The number of nitrogens with zero attached hydrogens (tertiary/aromatic N) is 3. The monoisotopic (exact) mass is 371 g/mol. The molecule has 0 atom stereocenters. The first-order valence-electron chi connectivity index (χ1n) is 8.91. The SMILES string of the molecule is CCOC(=O)C1CCN(C(=O)COC(=O)c2cccc3nccnc23)CC1. The fourth-order valence-corrected chi connectivity index (χ4v) is 3.08. The van der Waals surface area contributed by atoms with Gasteiger partial charge in [-0.2, -0.15) is 0 Å². The van der Waals surface area contributed by atoms with Gasteiger partial charge in [-0.1, -0.05) is 6.07 Å². The lowest BCUT2D eigenvalue weighted by atomic mass is 9.97. The second-order valence-corrected chi connectivity index (χ2v) is 6.21. The Morgan fingerprint density at radius 3 is 2.59 bits per heavy atom. The predicted octanol–water partition coefficient (Wildman–Crippen LogP) is 1.59. The number of para-hydroxylation sites is 1. The van der Waals surface area contributed by atoms with Crippen molar-refractivity contribution < 1.29 is 23.9 Å². The van der Waals surface area contributed by atoms with Gasteiger partial charge >= 0.3 is 11.9 Å². The lowest BCUT2D eigenvalue weighted by molar-refractivity contribution is -0.151. The molecule has 142 valence electrons. The van der Waals surface area contributed by atoms with Crippen LogP contribution in [0.25, 0.3) is 11.0 Å². The number of carbonyl (C=O) groups is 3. The number of carbonyl (C=O) groups excluding carboxylic acids is 3. The zero-order valence-electron chi connectivity index (χ0n) is 15.1. The molecular formula is C19H21N3O5. The van der Waals surface area contributed by atoms with Crippen molar-refractivity contribution in [3.8, 4) is 0 Å². The smallest absolute Gasteiger partial charge is 0.340 e. The molecule has 8 heteroatoms. The Hall–Kier alpha value is -3.03. The van der Waals surface area contributed by atoms with Gasteiger partial charge in [0.25, 0.3) is 5.91 Å². The number of benzene rings is 1. The number of aromatic nitrogens is 2. The van der Waals surface area contributed by atoms with Crippen LogP contribution in [0.2, 0.25) is 0 Å². The summed E-state index contributed by atoms with van der Waals surface area (Å²) in [5.41, 5.74) is 1.29. The van der Waals surface area contributed by atoms with Gasteiger partial charge in [-0.25, -0.2) is 4.79 Å². The fraction of sp³-hybridized carbons (Fsp3) is 0.421. The van der Waals surface area contributed by atoms with Gasteiger partial charge < -0.3 is 14.4 Å². The second kappa shape index (κ2) is 8.57. The van der Waals surface area contributed by atoms with Crippen molar-refractivity contribution in [1.29, 1.82) is 0 Å². The molecule has 0 saturated carbocycles. The number of piperidine rings is 1. The molecule has 1 aromatic heterocycles. The quantitative estimate of drug-likeness (QED) is 0.736. The van der Waals surface area contributed by atoms with Crippen LogP contribution in [0.1, 0.15) is 30.1 Å². The first-order chi connectivity index (χ1) is 13.1. The van der Waals surface area contributed by atoms with Crippen molar-refractivity contribution >= 4 is 28.9 Å². The van der Waals surface area contributed by atoms with Gasteiger partial charge in [0.2, 0.25) is 0 Å². The maximum atomic E-state index is 12.3. The molecule has 2 heterocycles. The van der Waals surface area contributed by atoms with Crippen LogP contribution in [0.3, 0.4) is 0 Å². The van der Waals surface area contributed by atoms with Crippen LogP contribution >= 0.6 is 0 Å². The summed E-state index contributed by atoms with van der Waals surface area (Å²) in [4.78, 5) is 46.3. The van der Waals surface area contributed by atoms with E-state index in [1.165, 1.54) is 6.20 Å². The molecule has 8 nitrogen and oxygen atoms in total. The molecular weight excluding hydrogens is 350 g/mol.